The van der Waals surface area contributed by atoms with E-state index >= 15 is 0 Å². The minimum atomic E-state index is -1.48. The number of allylic oxidation sites excluding steroid dienone is 4. The van der Waals surface area contributed by atoms with E-state index in [-0.39, 0.29) is 25.2 Å². The van der Waals surface area contributed by atoms with Crippen LogP contribution >= 0.6 is 0 Å². The van der Waals surface area contributed by atoms with Gasteiger partial charge in [0, 0.05) is 19.3 Å². The van der Waals surface area contributed by atoms with Crippen LogP contribution in [0.5, 0.6) is 0 Å². The summed E-state index contributed by atoms with van der Waals surface area (Å²) >= 11 is 0. The molecule has 6 atom stereocenters. The Kier molecular flexibility index (Phi) is 14.1. The second-order valence-corrected chi connectivity index (χ2v) is 10.5. The Morgan fingerprint density at radius 3 is 2.29 bits per heavy atom. The highest BCUT2D eigenvalue weighted by atomic mass is 16.6. The number of carbonyl (C=O) groups is 3. The Bertz CT molecular complexity index is 960. The Morgan fingerprint density at radius 2 is 1.71 bits per heavy atom. The fraction of sp³-hybridized carbons (Fsp3) is 0.516. The van der Waals surface area contributed by atoms with E-state index in [9.17, 15) is 29.7 Å². The summed E-state index contributed by atoms with van der Waals surface area (Å²) in [5.74, 6) is -1.32. The van der Waals surface area contributed by atoms with Gasteiger partial charge in [0.15, 0.2) is 0 Å². The molecule has 0 heterocycles. The molecule has 210 valence electrons. The first-order chi connectivity index (χ1) is 17.8. The quantitative estimate of drug-likeness (QED) is 0.119. The normalized spacial score (nSPS) is 18.8. The molecular weight excluding hydrogens is 484 g/mol. The van der Waals surface area contributed by atoms with Gasteiger partial charge in [0.25, 0.3) is 0 Å². The standard InChI is InChI=1S/C31H44O7/c1-23(10-9-18-30(4,36)19-15-26-11-7-6-8-12-26)28(22-33)24(2)13-14-29(38-25(3)34)31(5,37)20-16-27(35)17-21-32/h6-14,18,21-22,24,27-29,35-37H,15-17,19-20H2,1-5H3/b14-13+,18-9+,23-10+/t24-,27+,28+,29+,30?,31+/m0/s1. The molecule has 1 unspecified atom stereocenters. The minimum absolute atomic E-state index is 0.0370. The predicted molar refractivity (Wildman–Crippen MR) is 148 cm³/mol. The molecule has 0 bridgehead atoms. The van der Waals surface area contributed by atoms with Crippen LogP contribution in [0, 0.1) is 11.8 Å². The van der Waals surface area contributed by atoms with Crippen molar-refractivity contribution in [2.75, 3.05) is 0 Å². The Labute approximate surface area is 226 Å². The average molecular weight is 529 g/mol. The molecule has 3 N–H and O–H groups in total. The molecular formula is C31H44O7. The van der Waals surface area contributed by atoms with Gasteiger partial charge in [-0.05, 0) is 64.0 Å². The molecule has 0 amide bonds. The maximum absolute atomic E-state index is 11.9. The van der Waals surface area contributed by atoms with Gasteiger partial charge in [-0.2, -0.15) is 0 Å². The summed E-state index contributed by atoms with van der Waals surface area (Å²) in [6, 6.07) is 9.94. The Hall–Kier alpha value is -2.87. The number of aldehydes is 2. The van der Waals surface area contributed by atoms with Gasteiger partial charge in [0.1, 0.15) is 24.3 Å². The highest BCUT2D eigenvalue weighted by molar-refractivity contribution is 5.66. The highest BCUT2D eigenvalue weighted by Gasteiger charge is 2.33. The summed E-state index contributed by atoms with van der Waals surface area (Å²) in [5.41, 5.74) is -0.545. The fourth-order valence-electron chi connectivity index (χ4n) is 4.07. The zero-order valence-electron chi connectivity index (χ0n) is 23.2. The smallest absolute Gasteiger partial charge is 0.303 e. The number of ether oxygens (including phenoxy) is 1. The first-order valence-corrected chi connectivity index (χ1v) is 13.1. The molecule has 0 aliphatic heterocycles. The molecule has 0 saturated carbocycles. The van der Waals surface area contributed by atoms with E-state index in [4.69, 9.17) is 4.74 Å². The van der Waals surface area contributed by atoms with Crippen LogP contribution in [0.1, 0.15) is 65.9 Å². The largest absolute Gasteiger partial charge is 0.455 e. The van der Waals surface area contributed by atoms with E-state index in [1.54, 1.807) is 37.3 Å². The van der Waals surface area contributed by atoms with Crippen LogP contribution in [0.4, 0.5) is 0 Å². The summed E-state index contributed by atoms with van der Waals surface area (Å²) in [7, 11) is 0. The minimum Gasteiger partial charge on any atom is -0.455 e. The highest BCUT2D eigenvalue weighted by Crippen LogP contribution is 2.26. The zero-order chi connectivity index (χ0) is 28.8. The number of aliphatic hydroxyl groups excluding tert-OH is 1. The number of hydrogen-bond acceptors (Lipinski definition) is 7. The third kappa shape index (κ3) is 12.6. The lowest BCUT2D eigenvalue weighted by atomic mass is 9.86. The van der Waals surface area contributed by atoms with Gasteiger partial charge in [0.2, 0.25) is 0 Å². The second-order valence-electron chi connectivity index (χ2n) is 10.5. The van der Waals surface area contributed by atoms with E-state index in [1.807, 2.05) is 44.2 Å². The molecule has 0 spiro atoms. The molecule has 0 saturated heterocycles. The number of benzene rings is 1. The number of carbonyl (C=O) groups excluding carboxylic acids is 3. The maximum atomic E-state index is 11.9. The molecule has 0 aliphatic rings. The van der Waals surface area contributed by atoms with E-state index < -0.39 is 35.3 Å². The molecule has 1 rings (SSSR count). The van der Waals surface area contributed by atoms with Crippen molar-refractivity contribution in [1.29, 1.82) is 0 Å². The SMILES string of the molecule is CC(=O)O[C@H](/C=C/[C@H](C)[C@H](C=O)/C(C)=C/C=C/C(C)(O)CCc1ccccc1)[C@](C)(O)CC[C@@H](O)CC=O. The van der Waals surface area contributed by atoms with Crippen molar-refractivity contribution < 1.29 is 34.4 Å². The van der Waals surface area contributed by atoms with E-state index in [0.29, 0.717) is 12.7 Å². The topological polar surface area (TPSA) is 121 Å². The second kappa shape index (κ2) is 16.2. The molecule has 1 aromatic rings. The van der Waals surface area contributed by atoms with Crippen molar-refractivity contribution in [2.45, 2.75) is 90.1 Å². The Morgan fingerprint density at radius 1 is 1.05 bits per heavy atom. The summed E-state index contributed by atoms with van der Waals surface area (Å²) in [4.78, 5) is 34.2. The zero-order valence-corrected chi connectivity index (χ0v) is 23.2. The van der Waals surface area contributed by atoms with Crippen molar-refractivity contribution >= 4 is 18.5 Å². The summed E-state index contributed by atoms with van der Waals surface area (Å²) in [5, 5.41) is 31.5. The fourth-order valence-corrected chi connectivity index (χ4v) is 4.07. The molecule has 38 heavy (non-hydrogen) atoms. The first-order valence-electron chi connectivity index (χ1n) is 13.1. The number of aliphatic hydroxyl groups is 3. The van der Waals surface area contributed by atoms with Crippen LogP contribution in [-0.4, -0.2) is 57.3 Å². The van der Waals surface area contributed by atoms with Crippen molar-refractivity contribution in [3.05, 3.63) is 71.8 Å². The third-order valence-corrected chi connectivity index (χ3v) is 6.66. The van der Waals surface area contributed by atoms with Gasteiger partial charge >= 0.3 is 5.97 Å². The molecule has 0 fully saturated rings. The van der Waals surface area contributed by atoms with Crippen LogP contribution in [0.2, 0.25) is 0 Å². The average Bonchev–Trinajstić information content (AvgIpc) is 2.85. The monoisotopic (exact) mass is 528 g/mol. The first kappa shape index (κ1) is 33.2. The third-order valence-electron chi connectivity index (χ3n) is 6.66. The van der Waals surface area contributed by atoms with E-state index in [1.165, 1.54) is 13.8 Å². The van der Waals surface area contributed by atoms with E-state index in [2.05, 4.69) is 0 Å². The predicted octanol–water partition coefficient (Wildman–Crippen LogP) is 4.29. The summed E-state index contributed by atoms with van der Waals surface area (Å²) < 4.78 is 5.32. The van der Waals surface area contributed by atoms with Gasteiger partial charge in [-0.1, -0.05) is 67.1 Å². The Balaban J connectivity index is 2.88. The molecule has 1 aromatic carbocycles. The number of esters is 1. The lowest BCUT2D eigenvalue weighted by molar-refractivity contribution is -0.156. The summed E-state index contributed by atoms with van der Waals surface area (Å²) in [6.07, 6.45) is 9.64. The molecule has 7 heteroatoms. The van der Waals surface area contributed by atoms with Crippen molar-refractivity contribution in [3.63, 3.8) is 0 Å². The molecule has 0 aromatic heterocycles. The molecule has 7 nitrogen and oxygen atoms in total. The van der Waals surface area contributed by atoms with Crippen molar-refractivity contribution in [3.8, 4) is 0 Å². The van der Waals surface area contributed by atoms with Crippen LogP contribution in [0.15, 0.2) is 66.3 Å². The lowest BCUT2D eigenvalue weighted by Crippen LogP contribution is -2.41. The van der Waals surface area contributed by atoms with E-state index in [0.717, 1.165) is 23.8 Å². The van der Waals surface area contributed by atoms with Gasteiger partial charge in [-0.15, -0.1) is 0 Å². The van der Waals surface area contributed by atoms with Crippen molar-refractivity contribution in [1.82, 2.24) is 0 Å². The van der Waals surface area contributed by atoms with Gasteiger partial charge in [0.05, 0.1) is 11.7 Å². The summed E-state index contributed by atoms with van der Waals surface area (Å²) in [6.45, 7) is 8.17. The molecule has 0 aliphatic carbocycles. The number of rotatable bonds is 17. The maximum Gasteiger partial charge on any atom is 0.303 e. The van der Waals surface area contributed by atoms with Crippen LogP contribution in [0.3, 0.4) is 0 Å². The van der Waals surface area contributed by atoms with Gasteiger partial charge in [-0.25, -0.2) is 0 Å². The van der Waals surface area contributed by atoms with Gasteiger partial charge in [-0.3, -0.25) is 4.79 Å². The van der Waals surface area contributed by atoms with Crippen LogP contribution < -0.4 is 0 Å². The molecule has 0 radical (unpaired) electrons. The van der Waals surface area contributed by atoms with Crippen molar-refractivity contribution in [2.24, 2.45) is 11.8 Å². The van der Waals surface area contributed by atoms with Gasteiger partial charge < -0.3 is 29.6 Å². The lowest BCUT2D eigenvalue weighted by Gasteiger charge is -2.31. The van der Waals surface area contributed by atoms with Crippen LogP contribution in [-0.2, 0) is 25.5 Å². The van der Waals surface area contributed by atoms with Crippen LogP contribution in [0.25, 0.3) is 0 Å². The number of aryl methyl sites for hydroxylation is 1. The number of hydrogen-bond donors (Lipinski definition) is 3.